The number of benzene rings is 2. The predicted molar refractivity (Wildman–Crippen MR) is 80.9 cm³/mol. The van der Waals surface area contributed by atoms with Crippen LogP contribution in [0.3, 0.4) is 0 Å². The van der Waals surface area contributed by atoms with E-state index in [0.717, 1.165) is 16.8 Å². The number of hydrogen-bond acceptors (Lipinski definition) is 2. The Bertz CT molecular complexity index is 572. The Balaban J connectivity index is 2.25. The van der Waals surface area contributed by atoms with Crippen molar-refractivity contribution in [2.45, 2.75) is 19.6 Å². The van der Waals surface area contributed by atoms with E-state index in [4.69, 9.17) is 23.2 Å². The molecule has 1 unspecified atom stereocenters. The number of aliphatic hydroxyl groups excluding tert-OH is 1. The van der Waals surface area contributed by atoms with Gasteiger partial charge < -0.3 is 10.4 Å². The smallest absolute Gasteiger partial charge is 0.0701 e. The lowest BCUT2D eigenvalue weighted by atomic mass is 10.1. The minimum atomic E-state index is -0.00102. The molecule has 0 bridgehead atoms. The van der Waals surface area contributed by atoms with Crippen molar-refractivity contribution in [3.05, 3.63) is 63.6 Å². The first kappa shape index (κ1) is 14.2. The minimum absolute atomic E-state index is 0.000822. The second-order valence-electron chi connectivity index (χ2n) is 4.35. The molecule has 0 aromatic heterocycles. The number of anilines is 1. The molecular formula is C15H15Cl2NO. The van der Waals surface area contributed by atoms with E-state index in [-0.39, 0.29) is 12.6 Å². The molecule has 0 saturated carbocycles. The van der Waals surface area contributed by atoms with Gasteiger partial charge >= 0.3 is 0 Å². The number of rotatable bonds is 4. The first-order chi connectivity index (χ1) is 9.11. The first-order valence-corrected chi connectivity index (χ1v) is 6.77. The van der Waals surface area contributed by atoms with Crippen molar-refractivity contribution in [1.29, 1.82) is 0 Å². The van der Waals surface area contributed by atoms with E-state index in [1.165, 1.54) is 0 Å². The minimum Gasteiger partial charge on any atom is -0.392 e. The fourth-order valence-electron chi connectivity index (χ4n) is 1.96. The maximum atomic E-state index is 9.31. The molecule has 0 spiro atoms. The van der Waals surface area contributed by atoms with Gasteiger partial charge in [0.2, 0.25) is 0 Å². The molecule has 0 heterocycles. The highest BCUT2D eigenvalue weighted by molar-refractivity contribution is 6.33. The lowest BCUT2D eigenvalue weighted by Crippen LogP contribution is -2.09. The van der Waals surface area contributed by atoms with Crippen LogP contribution in [0.5, 0.6) is 0 Å². The zero-order valence-electron chi connectivity index (χ0n) is 10.5. The predicted octanol–water partition coefficient (Wildman–Crippen LogP) is 4.66. The normalized spacial score (nSPS) is 12.2. The van der Waals surface area contributed by atoms with Gasteiger partial charge in [0.1, 0.15) is 0 Å². The summed E-state index contributed by atoms with van der Waals surface area (Å²) in [6.07, 6.45) is 0. The number of para-hydroxylation sites is 1. The Kier molecular flexibility index (Phi) is 4.70. The fourth-order valence-corrected chi connectivity index (χ4v) is 2.42. The molecule has 2 rings (SSSR count). The van der Waals surface area contributed by atoms with Crippen molar-refractivity contribution >= 4 is 28.9 Å². The van der Waals surface area contributed by atoms with E-state index in [9.17, 15) is 5.11 Å². The molecule has 0 aliphatic heterocycles. The van der Waals surface area contributed by atoms with Crippen LogP contribution in [-0.4, -0.2) is 5.11 Å². The van der Waals surface area contributed by atoms with Crippen LogP contribution in [0.4, 0.5) is 5.69 Å². The van der Waals surface area contributed by atoms with Crippen molar-refractivity contribution in [1.82, 2.24) is 0 Å². The third kappa shape index (κ3) is 3.41. The summed E-state index contributed by atoms with van der Waals surface area (Å²) < 4.78 is 0. The maximum Gasteiger partial charge on any atom is 0.0701 e. The van der Waals surface area contributed by atoms with E-state index in [0.29, 0.717) is 10.0 Å². The molecule has 2 nitrogen and oxygen atoms in total. The van der Waals surface area contributed by atoms with Gasteiger partial charge in [0.15, 0.2) is 0 Å². The molecule has 0 aliphatic rings. The fraction of sp³-hybridized carbons (Fsp3) is 0.200. The number of nitrogens with one attached hydrogen (secondary N) is 1. The summed E-state index contributed by atoms with van der Waals surface area (Å²) in [6.45, 7) is 2.00. The van der Waals surface area contributed by atoms with Crippen LogP contribution in [0.15, 0.2) is 42.5 Å². The van der Waals surface area contributed by atoms with Gasteiger partial charge in [0.25, 0.3) is 0 Å². The molecular weight excluding hydrogens is 281 g/mol. The quantitative estimate of drug-likeness (QED) is 0.860. The van der Waals surface area contributed by atoms with Gasteiger partial charge in [-0.1, -0.05) is 41.4 Å². The van der Waals surface area contributed by atoms with Gasteiger partial charge in [0.05, 0.1) is 12.6 Å². The van der Waals surface area contributed by atoms with Crippen LogP contribution in [0.1, 0.15) is 24.1 Å². The van der Waals surface area contributed by atoms with Crippen LogP contribution >= 0.6 is 23.2 Å². The molecule has 0 fully saturated rings. The zero-order chi connectivity index (χ0) is 13.8. The van der Waals surface area contributed by atoms with Crippen LogP contribution in [0.25, 0.3) is 0 Å². The van der Waals surface area contributed by atoms with Crippen molar-refractivity contribution in [2.75, 3.05) is 5.32 Å². The lowest BCUT2D eigenvalue weighted by molar-refractivity contribution is 0.282. The summed E-state index contributed by atoms with van der Waals surface area (Å²) in [5.41, 5.74) is 2.68. The molecule has 0 radical (unpaired) electrons. The van der Waals surface area contributed by atoms with Gasteiger partial charge in [-0.25, -0.2) is 0 Å². The molecule has 2 aromatic rings. The molecule has 0 aliphatic carbocycles. The van der Waals surface area contributed by atoms with E-state index >= 15 is 0 Å². The summed E-state index contributed by atoms with van der Waals surface area (Å²) >= 11 is 12.2. The second kappa shape index (κ2) is 6.29. The van der Waals surface area contributed by atoms with Crippen LogP contribution in [0, 0.1) is 0 Å². The third-order valence-corrected chi connectivity index (χ3v) is 3.56. The molecule has 2 aromatic carbocycles. The lowest BCUT2D eigenvalue weighted by Gasteiger charge is -2.19. The monoisotopic (exact) mass is 295 g/mol. The van der Waals surface area contributed by atoms with Gasteiger partial charge in [-0.15, -0.1) is 0 Å². The van der Waals surface area contributed by atoms with E-state index in [2.05, 4.69) is 5.32 Å². The Morgan fingerprint density at radius 1 is 1.16 bits per heavy atom. The highest BCUT2D eigenvalue weighted by Crippen LogP contribution is 2.29. The van der Waals surface area contributed by atoms with Gasteiger partial charge in [-0.3, -0.25) is 0 Å². The summed E-state index contributed by atoms with van der Waals surface area (Å²) in [5, 5.41) is 14.0. The maximum absolute atomic E-state index is 9.31. The van der Waals surface area contributed by atoms with E-state index in [1.54, 1.807) is 12.1 Å². The third-order valence-electron chi connectivity index (χ3n) is 2.98. The molecule has 19 heavy (non-hydrogen) atoms. The van der Waals surface area contributed by atoms with Crippen molar-refractivity contribution in [3.63, 3.8) is 0 Å². The highest BCUT2D eigenvalue weighted by atomic mass is 35.5. The highest BCUT2D eigenvalue weighted by Gasteiger charge is 2.11. The average Bonchev–Trinajstić information content (AvgIpc) is 2.42. The number of hydrogen-bond donors (Lipinski definition) is 2. The van der Waals surface area contributed by atoms with E-state index in [1.807, 2.05) is 37.3 Å². The Morgan fingerprint density at radius 2 is 1.89 bits per heavy atom. The number of halogens is 2. The second-order valence-corrected chi connectivity index (χ2v) is 5.19. The Labute approximate surface area is 123 Å². The summed E-state index contributed by atoms with van der Waals surface area (Å²) in [7, 11) is 0. The van der Waals surface area contributed by atoms with E-state index < -0.39 is 0 Å². The largest absolute Gasteiger partial charge is 0.392 e. The summed E-state index contributed by atoms with van der Waals surface area (Å²) in [6, 6.07) is 13.0. The van der Waals surface area contributed by atoms with Crippen molar-refractivity contribution < 1.29 is 5.11 Å². The SMILES string of the molecule is CC(Nc1ccccc1CO)c1cc(Cl)ccc1Cl. The van der Waals surface area contributed by atoms with Crippen molar-refractivity contribution in [3.8, 4) is 0 Å². The van der Waals surface area contributed by atoms with Crippen LogP contribution in [0.2, 0.25) is 10.0 Å². The first-order valence-electron chi connectivity index (χ1n) is 6.02. The standard InChI is InChI=1S/C15H15Cl2NO/c1-10(13-8-12(16)6-7-14(13)17)18-15-5-3-2-4-11(15)9-19/h2-8,10,18-19H,9H2,1H3. The van der Waals surface area contributed by atoms with Gasteiger partial charge in [-0.05, 0) is 36.8 Å². The molecule has 1 atom stereocenters. The van der Waals surface area contributed by atoms with Crippen LogP contribution < -0.4 is 5.32 Å². The Hall–Kier alpha value is -1.22. The summed E-state index contributed by atoms with van der Waals surface area (Å²) in [5.74, 6) is 0. The molecule has 0 saturated heterocycles. The average molecular weight is 296 g/mol. The molecule has 4 heteroatoms. The van der Waals surface area contributed by atoms with Gasteiger partial charge in [0, 0.05) is 21.3 Å². The molecule has 2 N–H and O–H groups in total. The number of aliphatic hydroxyl groups is 1. The topological polar surface area (TPSA) is 32.3 Å². The van der Waals surface area contributed by atoms with Crippen molar-refractivity contribution in [2.24, 2.45) is 0 Å². The van der Waals surface area contributed by atoms with Crippen LogP contribution in [-0.2, 0) is 6.61 Å². The van der Waals surface area contributed by atoms with Gasteiger partial charge in [-0.2, -0.15) is 0 Å². The Morgan fingerprint density at radius 3 is 2.63 bits per heavy atom. The zero-order valence-corrected chi connectivity index (χ0v) is 12.0. The molecule has 0 amide bonds. The molecule has 100 valence electrons. The summed E-state index contributed by atoms with van der Waals surface area (Å²) in [4.78, 5) is 0.